The van der Waals surface area contributed by atoms with Crippen LogP contribution >= 0.6 is 0 Å². The Morgan fingerprint density at radius 2 is 1.59 bits per heavy atom. The van der Waals surface area contributed by atoms with E-state index in [0.717, 1.165) is 11.1 Å². The molecular formula is C21H28N2O3S. The fraction of sp³-hybridized carbons (Fsp3) is 0.381. The topological polar surface area (TPSA) is 75.3 Å². The lowest BCUT2D eigenvalue weighted by molar-refractivity contribution is 0.0919. The van der Waals surface area contributed by atoms with Crippen molar-refractivity contribution in [2.24, 2.45) is 0 Å². The SMILES string of the molecule is Cc1cccc(C(C)C)c1NS(=O)(=O)c1ccc(C(=O)NC(C)(C)C)cc1. The first-order valence-corrected chi connectivity index (χ1v) is 10.4. The van der Waals surface area contributed by atoms with Gasteiger partial charge in [-0.25, -0.2) is 8.42 Å². The maximum absolute atomic E-state index is 12.8. The molecule has 0 saturated carbocycles. The number of carbonyl (C=O) groups is 1. The quantitative estimate of drug-likeness (QED) is 0.795. The van der Waals surface area contributed by atoms with Crippen molar-refractivity contribution in [1.82, 2.24) is 5.32 Å². The fourth-order valence-corrected chi connectivity index (χ4v) is 3.86. The van der Waals surface area contributed by atoms with Crippen LogP contribution in [0.2, 0.25) is 0 Å². The predicted molar refractivity (Wildman–Crippen MR) is 110 cm³/mol. The molecule has 0 heterocycles. The Morgan fingerprint density at radius 1 is 1.00 bits per heavy atom. The van der Waals surface area contributed by atoms with Crippen LogP contribution in [0.4, 0.5) is 5.69 Å². The minimum Gasteiger partial charge on any atom is -0.347 e. The van der Waals surface area contributed by atoms with Crippen molar-refractivity contribution in [3.05, 3.63) is 59.2 Å². The number of rotatable bonds is 5. The molecule has 0 saturated heterocycles. The molecule has 5 nitrogen and oxygen atoms in total. The van der Waals surface area contributed by atoms with E-state index in [4.69, 9.17) is 0 Å². The van der Waals surface area contributed by atoms with Gasteiger partial charge in [-0.3, -0.25) is 9.52 Å². The fourth-order valence-electron chi connectivity index (χ4n) is 2.70. The highest BCUT2D eigenvalue weighted by Crippen LogP contribution is 2.29. The minimum absolute atomic E-state index is 0.118. The molecule has 0 spiro atoms. The zero-order valence-corrected chi connectivity index (χ0v) is 17.6. The largest absolute Gasteiger partial charge is 0.347 e. The Balaban J connectivity index is 2.30. The second-order valence-corrected chi connectivity index (χ2v) is 9.71. The maximum Gasteiger partial charge on any atom is 0.261 e. The van der Waals surface area contributed by atoms with Gasteiger partial charge in [-0.05, 0) is 69.0 Å². The maximum atomic E-state index is 12.8. The van der Waals surface area contributed by atoms with Crippen molar-refractivity contribution in [1.29, 1.82) is 0 Å². The third-order valence-corrected chi connectivity index (χ3v) is 5.44. The highest BCUT2D eigenvalue weighted by atomic mass is 32.2. The number of benzene rings is 2. The van der Waals surface area contributed by atoms with Gasteiger partial charge in [0.1, 0.15) is 0 Å². The lowest BCUT2D eigenvalue weighted by atomic mass is 9.99. The molecule has 0 bridgehead atoms. The Morgan fingerprint density at radius 3 is 2.11 bits per heavy atom. The number of hydrogen-bond donors (Lipinski definition) is 2. The second kappa shape index (κ2) is 7.72. The summed E-state index contributed by atoms with van der Waals surface area (Å²) in [6.45, 7) is 11.6. The summed E-state index contributed by atoms with van der Waals surface area (Å²) in [5.74, 6) is -0.0496. The number of carbonyl (C=O) groups excluding carboxylic acids is 1. The molecule has 1 amide bonds. The van der Waals surface area contributed by atoms with E-state index in [0.29, 0.717) is 11.3 Å². The molecule has 0 aromatic heterocycles. The third kappa shape index (κ3) is 5.32. The summed E-state index contributed by atoms with van der Waals surface area (Å²) in [6.07, 6.45) is 0. The number of para-hydroxylation sites is 1. The molecule has 0 aliphatic rings. The minimum atomic E-state index is -3.75. The van der Waals surface area contributed by atoms with Crippen LogP contribution in [0.15, 0.2) is 47.4 Å². The zero-order chi connectivity index (χ0) is 20.4. The summed E-state index contributed by atoms with van der Waals surface area (Å²) >= 11 is 0. The molecule has 0 unspecified atom stereocenters. The van der Waals surface area contributed by atoms with E-state index in [1.807, 2.05) is 59.7 Å². The summed E-state index contributed by atoms with van der Waals surface area (Å²) in [7, 11) is -3.75. The van der Waals surface area contributed by atoms with E-state index in [2.05, 4.69) is 10.0 Å². The molecule has 2 N–H and O–H groups in total. The first-order valence-electron chi connectivity index (χ1n) is 8.95. The average Bonchev–Trinajstić information content (AvgIpc) is 2.55. The van der Waals surface area contributed by atoms with Gasteiger partial charge in [0.05, 0.1) is 10.6 Å². The van der Waals surface area contributed by atoms with Gasteiger partial charge in [0.15, 0.2) is 0 Å². The number of nitrogens with one attached hydrogen (secondary N) is 2. The van der Waals surface area contributed by atoms with Crippen molar-refractivity contribution in [2.75, 3.05) is 4.72 Å². The van der Waals surface area contributed by atoms with Crippen LogP contribution in [-0.4, -0.2) is 19.9 Å². The van der Waals surface area contributed by atoms with Crippen molar-refractivity contribution >= 4 is 21.6 Å². The van der Waals surface area contributed by atoms with Gasteiger partial charge in [0.2, 0.25) is 0 Å². The van der Waals surface area contributed by atoms with Crippen LogP contribution in [0.5, 0.6) is 0 Å². The molecule has 2 aromatic rings. The normalized spacial score (nSPS) is 12.1. The van der Waals surface area contributed by atoms with E-state index in [1.165, 1.54) is 24.3 Å². The zero-order valence-electron chi connectivity index (χ0n) is 16.8. The lowest BCUT2D eigenvalue weighted by Gasteiger charge is -2.20. The number of amides is 1. The van der Waals surface area contributed by atoms with E-state index >= 15 is 0 Å². The highest BCUT2D eigenvalue weighted by molar-refractivity contribution is 7.92. The van der Waals surface area contributed by atoms with Crippen LogP contribution in [0.1, 0.15) is 62.0 Å². The summed E-state index contributed by atoms with van der Waals surface area (Å²) in [5, 5.41) is 2.86. The Bertz CT molecular complexity index is 925. The summed E-state index contributed by atoms with van der Waals surface area (Å²) < 4.78 is 28.4. The van der Waals surface area contributed by atoms with Gasteiger partial charge in [0, 0.05) is 11.1 Å². The Kier molecular flexibility index (Phi) is 6.00. The molecule has 0 atom stereocenters. The molecule has 27 heavy (non-hydrogen) atoms. The van der Waals surface area contributed by atoms with Gasteiger partial charge in [0.25, 0.3) is 15.9 Å². The first-order chi connectivity index (χ1) is 12.4. The van der Waals surface area contributed by atoms with Crippen LogP contribution in [0.25, 0.3) is 0 Å². The summed E-state index contributed by atoms with van der Waals surface area (Å²) in [5.41, 5.74) is 2.48. The van der Waals surface area contributed by atoms with Crippen molar-refractivity contribution < 1.29 is 13.2 Å². The van der Waals surface area contributed by atoms with Crippen molar-refractivity contribution in [2.45, 2.75) is 57.9 Å². The Hall–Kier alpha value is -2.34. The van der Waals surface area contributed by atoms with Gasteiger partial charge in [-0.1, -0.05) is 32.0 Å². The molecule has 6 heteroatoms. The van der Waals surface area contributed by atoms with Crippen LogP contribution in [0.3, 0.4) is 0 Å². The molecule has 0 aliphatic heterocycles. The molecule has 0 radical (unpaired) electrons. The van der Waals surface area contributed by atoms with Crippen LogP contribution < -0.4 is 10.0 Å². The third-order valence-electron chi connectivity index (χ3n) is 4.08. The molecule has 146 valence electrons. The van der Waals surface area contributed by atoms with Crippen molar-refractivity contribution in [3.63, 3.8) is 0 Å². The molecule has 2 aromatic carbocycles. The Labute approximate surface area is 162 Å². The van der Waals surface area contributed by atoms with Crippen LogP contribution in [0, 0.1) is 6.92 Å². The lowest BCUT2D eigenvalue weighted by Crippen LogP contribution is -2.40. The summed E-state index contributed by atoms with van der Waals surface area (Å²) in [6, 6.07) is 11.7. The van der Waals surface area contributed by atoms with Crippen LogP contribution in [-0.2, 0) is 10.0 Å². The van der Waals surface area contributed by atoms with Gasteiger partial charge < -0.3 is 5.32 Å². The van der Waals surface area contributed by atoms with E-state index in [-0.39, 0.29) is 22.3 Å². The highest BCUT2D eigenvalue weighted by Gasteiger charge is 2.20. The standard InChI is InChI=1S/C21H28N2O3S/c1-14(2)18-9-7-8-15(3)19(18)23-27(25,26)17-12-10-16(11-13-17)20(24)22-21(4,5)6/h7-14,23H,1-6H3,(H,22,24). The molecule has 0 aliphatic carbocycles. The monoisotopic (exact) mass is 388 g/mol. The van der Waals surface area contributed by atoms with E-state index in [1.54, 1.807) is 0 Å². The predicted octanol–water partition coefficient (Wildman–Crippen LogP) is 4.45. The van der Waals surface area contributed by atoms with E-state index in [9.17, 15) is 13.2 Å². The van der Waals surface area contributed by atoms with Gasteiger partial charge in [-0.2, -0.15) is 0 Å². The number of aryl methyl sites for hydroxylation is 1. The van der Waals surface area contributed by atoms with E-state index < -0.39 is 10.0 Å². The second-order valence-electron chi connectivity index (χ2n) is 8.03. The van der Waals surface area contributed by atoms with Gasteiger partial charge in [-0.15, -0.1) is 0 Å². The van der Waals surface area contributed by atoms with Gasteiger partial charge >= 0.3 is 0 Å². The molecule has 0 fully saturated rings. The number of anilines is 1. The number of sulfonamides is 1. The molecule has 2 rings (SSSR count). The van der Waals surface area contributed by atoms with Crippen molar-refractivity contribution in [3.8, 4) is 0 Å². The molecular weight excluding hydrogens is 360 g/mol. The smallest absolute Gasteiger partial charge is 0.261 e. The number of hydrogen-bond acceptors (Lipinski definition) is 3. The first kappa shape index (κ1) is 21.0. The summed E-state index contributed by atoms with van der Waals surface area (Å²) in [4.78, 5) is 12.3. The average molecular weight is 389 g/mol.